The Balaban J connectivity index is 1.57. The van der Waals surface area contributed by atoms with E-state index in [-0.39, 0.29) is 10.2 Å². The van der Waals surface area contributed by atoms with Gasteiger partial charge in [0, 0.05) is 4.75 Å². The van der Waals surface area contributed by atoms with Gasteiger partial charge >= 0.3 is 0 Å². The van der Waals surface area contributed by atoms with E-state index in [1.54, 1.807) is 0 Å². The summed E-state index contributed by atoms with van der Waals surface area (Å²) < 4.78 is 7.14. The molecule has 1 nitrogen and oxygen atoms in total. The first-order valence-corrected chi connectivity index (χ1v) is 14.1. The van der Waals surface area contributed by atoms with Crippen LogP contribution in [0.1, 0.15) is 51.0 Å². The predicted molar refractivity (Wildman–Crippen MR) is 141 cm³/mol. The molecule has 0 unspecified atom stereocenters. The number of ether oxygens (including phenoxy) is 1. The SMILES string of the molecule is C[C@@H]1CC[C@@H]2[C@@H](C1)O[C@@H](c1ccccc1P(c1ccccc1)c1ccccc1)SC2(C)C. The van der Waals surface area contributed by atoms with Crippen molar-refractivity contribution >= 4 is 35.6 Å². The van der Waals surface area contributed by atoms with Crippen LogP contribution in [0.2, 0.25) is 0 Å². The van der Waals surface area contributed by atoms with Gasteiger partial charge in [0.05, 0.1) is 6.10 Å². The molecule has 3 aromatic carbocycles. The Labute approximate surface area is 198 Å². The highest BCUT2D eigenvalue weighted by Gasteiger charge is 2.47. The lowest BCUT2D eigenvalue weighted by molar-refractivity contribution is -0.0588. The van der Waals surface area contributed by atoms with Crippen molar-refractivity contribution in [2.45, 2.75) is 56.3 Å². The molecule has 1 aliphatic carbocycles. The van der Waals surface area contributed by atoms with Crippen molar-refractivity contribution in [2.24, 2.45) is 11.8 Å². The minimum absolute atomic E-state index is 0.0881. The lowest BCUT2D eigenvalue weighted by Crippen LogP contribution is -2.47. The molecule has 0 spiro atoms. The maximum Gasteiger partial charge on any atom is 0.129 e. The van der Waals surface area contributed by atoms with E-state index in [9.17, 15) is 0 Å². The summed E-state index contributed by atoms with van der Waals surface area (Å²) in [4.78, 5) is 0. The van der Waals surface area contributed by atoms with Crippen LogP contribution in [-0.4, -0.2) is 10.9 Å². The topological polar surface area (TPSA) is 9.23 Å². The normalized spacial score (nSPS) is 27.1. The minimum Gasteiger partial charge on any atom is -0.359 e. The van der Waals surface area contributed by atoms with Gasteiger partial charge in [0.2, 0.25) is 0 Å². The fourth-order valence-electron chi connectivity index (χ4n) is 5.43. The van der Waals surface area contributed by atoms with Crippen molar-refractivity contribution in [2.75, 3.05) is 0 Å². The van der Waals surface area contributed by atoms with E-state index < -0.39 is 7.92 Å². The summed E-state index contributed by atoms with van der Waals surface area (Å²) in [5.41, 5.74) is 1.45. The van der Waals surface area contributed by atoms with E-state index in [0.717, 1.165) is 5.92 Å². The molecule has 2 aliphatic rings. The summed E-state index contributed by atoms with van der Waals surface area (Å²) in [5, 5.41) is 4.21. The molecule has 32 heavy (non-hydrogen) atoms. The minimum atomic E-state index is -0.644. The highest BCUT2D eigenvalue weighted by atomic mass is 32.2. The summed E-state index contributed by atoms with van der Waals surface area (Å²) in [6.07, 6.45) is 4.19. The molecular weight excluding hydrogens is 427 g/mol. The number of hydrogen-bond acceptors (Lipinski definition) is 2. The highest BCUT2D eigenvalue weighted by molar-refractivity contribution is 8.00. The first kappa shape index (κ1) is 22.2. The highest BCUT2D eigenvalue weighted by Crippen LogP contribution is 2.55. The molecule has 0 N–H and O–H groups in total. The maximum absolute atomic E-state index is 6.92. The molecule has 1 saturated carbocycles. The Morgan fingerprint density at radius 3 is 2.06 bits per heavy atom. The molecule has 1 aliphatic heterocycles. The Morgan fingerprint density at radius 2 is 1.41 bits per heavy atom. The smallest absolute Gasteiger partial charge is 0.129 e. The molecule has 2 fully saturated rings. The lowest BCUT2D eigenvalue weighted by atomic mass is 9.75. The van der Waals surface area contributed by atoms with Crippen LogP contribution in [-0.2, 0) is 4.74 Å². The second kappa shape index (κ2) is 9.34. The lowest BCUT2D eigenvalue weighted by Gasteiger charge is -2.50. The molecule has 5 rings (SSSR count). The van der Waals surface area contributed by atoms with Crippen molar-refractivity contribution in [3.05, 3.63) is 90.5 Å². The van der Waals surface area contributed by atoms with Gasteiger partial charge in [-0.3, -0.25) is 0 Å². The third-order valence-electron chi connectivity index (χ3n) is 7.12. The van der Waals surface area contributed by atoms with Gasteiger partial charge in [0.1, 0.15) is 5.44 Å². The van der Waals surface area contributed by atoms with Crippen LogP contribution < -0.4 is 15.9 Å². The predicted octanol–water partition coefficient (Wildman–Crippen LogP) is 6.79. The Bertz CT molecular complexity index is 996. The standard InChI is InChI=1S/C29H33OPS/c1-21-18-19-25-26(20-21)30-28(32-29(25,2)3)24-16-10-11-17-27(24)31(22-12-6-4-7-13-22)23-14-8-5-9-15-23/h4-17,21,25-26,28H,18-20H2,1-3H3/t21-,25-,26-,28-/m1/s1. The van der Waals surface area contributed by atoms with E-state index in [0.29, 0.717) is 12.0 Å². The van der Waals surface area contributed by atoms with Gasteiger partial charge in [0.15, 0.2) is 0 Å². The molecule has 0 bridgehead atoms. The third-order valence-corrected chi connectivity index (χ3v) is 11.1. The van der Waals surface area contributed by atoms with Crippen LogP contribution in [0.3, 0.4) is 0 Å². The van der Waals surface area contributed by atoms with E-state index in [4.69, 9.17) is 4.74 Å². The molecule has 0 aromatic heterocycles. The Hall–Kier alpha value is -1.60. The van der Waals surface area contributed by atoms with Gasteiger partial charge in [-0.05, 0) is 54.1 Å². The van der Waals surface area contributed by atoms with E-state index in [1.807, 2.05) is 11.8 Å². The number of hydrogen-bond donors (Lipinski definition) is 0. The van der Waals surface area contributed by atoms with Gasteiger partial charge in [-0.15, -0.1) is 11.8 Å². The average Bonchev–Trinajstić information content (AvgIpc) is 2.80. The fraction of sp³-hybridized carbons (Fsp3) is 0.379. The molecule has 166 valence electrons. The van der Waals surface area contributed by atoms with Crippen molar-refractivity contribution in [1.29, 1.82) is 0 Å². The number of fused-ring (bicyclic) bond motifs is 1. The van der Waals surface area contributed by atoms with E-state index in [2.05, 4.69) is 106 Å². The monoisotopic (exact) mass is 460 g/mol. The van der Waals surface area contributed by atoms with Gasteiger partial charge in [-0.2, -0.15) is 0 Å². The average molecular weight is 461 g/mol. The molecule has 1 heterocycles. The maximum atomic E-state index is 6.92. The quantitative estimate of drug-likeness (QED) is 0.397. The van der Waals surface area contributed by atoms with Crippen LogP contribution in [0.25, 0.3) is 0 Å². The Morgan fingerprint density at radius 1 is 0.812 bits per heavy atom. The van der Waals surface area contributed by atoms with Crippen LogP contribution in [0.5, 0.6) is 0 Å². The van der Waals surface area contributed by atoms with Crippen LogP contribution in [0.4, 0.5) is 0 Å². The van der Waals surface area contributed by atoms with Crippen molar-refractivity contribution < 1.29 is 4.74 Å². The largest absolute Gasteiger partial charge is 0.359 e. The summed E-state index contributed by atoms with van der Waals surface area (Å²) in [6, 6.07) is 31.1. The van der Waals surface area contributed by atoms with E-state index >= 15 is 0 Å². The summed E-state index contributed by atoms with van der Waals surface area (Å²) >= 11 is 2.04. The van der Waals surface area contributed by atoms with Gasteiger partial charge in [-0.1, -0.05) is 112 Å². The van der Waals surface area contributed by atoms with Gasteiger partial charge in [0.25, 0.3) is 0 Å². The third kappa shape index (κ3) is 4.43. The van der Waals surface area contributed by atoms with Crippen molar-refractivity contribution in [3.63, 3.8) is 0 Å². The second-order valence-corrected chi connectivity index (χ2v) is 13.7. The van der Waals surface area contributed by atoms with E-state index in [1.165, 1.54) is 40.7 Å². The molecule has 3 heteroatoms. The van der Waals surface area contributed by atoms with Crippen LogP contribution in [0, 0.1) is 11.8 Å². The molecule has 1 saturated heterocycles. The first-order chi connectivity index (χ1) is 15.5. The zero-order chi connectivity index (χ0) is 22.1. The molecule has 0 radical (unpaired) electrons. The fourth-order valence-corrected chi connectivity index (χ4v) is 9.53. The first-order valence-electron chi connectivity index (χ1n) is 11.9. The van der Waals surface area contributed by atoms with Crippen molar-refractivity contribution in [3.8, 4) is 0 Å². The molecular formula is C29H33OPS. The van der Waals surface area contributed by atoms with Crippen LogP contribution >= 0.6 is 19.7 Å². The van der Waals surface area contributed by atoms with Gasteiger partial charge < -0.3 is 4.74 Å². The number of benzene rings is 3. The van der Waals surface area contributed by atoms with Crippen LogP contribution in [0.15, 0.2) is 84.9 Å². The van der Waals surface area contributed by atoms with Crippen molar-refractivity contribution in [1.82, 2.24) is 0 Å². The molecule has 4 atom stereocenters. The second-order valence-electron chi connectivity index (χ2n) is 9.82. The summed E-state index contributed by atoms with van der Waals surface area (Å²) in [6.45, 7) is 7.28. The zero-order valence-corrected chi connectivity index (χ0v) is 21.0. The summed E-state index contributed by atoms with van der Waals surface area (Å²) in [5.74, 6) is 1.41. The number of rotatable bonds is 4. The summed E-state index contributed by atoms with van der Waals surface area (Å²) in [7, 11) is -0.644. The number of thioether (sulfide) groups is 1. The van der Waals surface area contributed by atoms with Gasteiger partial charge in [-0.25, -0.2) is 0 Å². The molecule has 3 aromatic rings. The zero-order valence-electron chi connectivity index (χ0n) is 19.3. The molecule has 0 amide bonds. The Kier molecular flexibility index (Phi) is 6.48.